The molecular weight excluding hydrogens is 333 g/mol. The molecule has 0 bridgehead atoms. The van der Waals surface area contributed by atoms with Gasteiger partial charge in [0.25, 0.3) is 5.91 Å². The van der Waals surface area contributed by atoms with Gasteiger partial charge in [0.2, 0.25) is 10.0 Å². The van der Waals surface area contributed by atoms with Crippen LogP contribution < -0.4 is 0 Å². The summed E-state index contributed by atoms with van der Waals surface area (Å²) in [7, 11) is -3.70. The van der Waals surface area contributed by atoms with Crippen LogP contribution in [0, 0.1) is 19.7 Å². The second-order valence-corrected chi connectivity index (χ2v) is 7.68. The summed E-state index contributed by atoms with van der Waals surface area (Å²) in [4.78, 5) is 12.6. The van der Waals surface area contributed by atoms with E-state index in [0.29, 0.717) is 13.1 Å². The highest BCUT2D eigenvalue weighted by atomic mass is 32.2. The molecule has 3 rings (SSSR count). The smallest absolute Gasteiger partial charge is 0.267 e. The second-order valence-electron chi connectivity index (χ2n) is 5.81. The number of benzene rings is 1. The quantitative estimate of drug-likeness (QED) is 0.849. The lowest BCUT2D eigenvalue weighted by Crippen LogP contribution is -2.29. The van der Waals surface area contributed by atoms with Crippen molar-refractivity contribution in [2.75, 3.05) is 13.1 Å². The van der Waals surface area contributed by atoms with Crippen LogP contribution in [0.1, 0.15) is 34.6 Å². The fourth-order valence-electron chi connectivity index (χ4n) is 3.01. The Morgan fingerprint density at radius 2 is 1.79 bits per heavy atom. The van der Waals surface area contributed by atoms with E-state index in [4.69, 9.17) is 0 Å². The van der Waals surface area contributed by atoms with Crippen LogP contribution in [0.25, 0.3) is 0 Å². The molecule has 1 aliphatic rings. The van der Waals surface area contributed by atoms with Gasteiger partial charge in [0.1, 0.15) is 10.7 Å². The zero-order valence-electron chi connectivity index (χ0n) is 13.5. The van der Waals surface area contributed by atoms with Crippen molar-refractivity contribution >= 4 is 15.9 Å². The van der Waals surface area contributed by atoms with Gasteiger partial charge in [-0.1, -0.05) is 12.1 Å². The predicted octanol–water partition coefficient (Wildman–Crippen LogP) is 2.11. The lowest BCUT2D eigenvalue weighted by molar-refractivity contribution is 0.0938. The van der Waals surface area contributed by atoms with Crippen molar-refractivity contribution in [1.29, 1.82) is 0 Å². The lowest BCUT2D eigenvalue weighted by atomic mass is 10.2. The molecule has 0 saturated carbocycles. The van der Waals surface area contributed by atoms with Gasteiger partial charge in [0, 0.05) is 13.1 Å². The highest BCUT2D eigenvalue weighted by Gasteiger charge is 2.33. The van der Waals surface area contributed by atoms with E-state index in [1.54, 1.807) is 13.0 Å². The van der Waals surface area contributed by atoms with Crippen LogP contribution in [0.3, 0.4) is 0 Å². The summed E-state index contributed by atoms with van der Waals surface area (Å²) in [5.41, 5.74) is 0.296. The number of carbonyl (C=O) groups excluding carboxylic acids is 1. The molecule has 0 radical (unpaired) electrons. The molecule has 2 aromatic rings. The Labute approximate surface area is 139 Å². The largest absolute Gasteiger partial charge is 0.281 e. The molecule has 1 aliphatic heterocycles. The van der Waals surface area contributed by atoms with Crippen LogP contribution >= 0.6 is 0 Å². The SMILES string of the molecule is Cc1nn(C(=O)c2ccccc2F)c(C)c1S(=O)(=O)N1CCCC1. The van der Waals surface area contributed by atoms with E-state index in [1.165, 1.54) is 29.4 Å². The van der Waals surface area contributed by atoms with Crippen molar-refractivity contribution in [2.24, 2.45) is 0 Å². The van der Waals surface area contributed by atoms with Gasteiger partial charge in [-0.25, -0.2) is 12.8 Å². The van der Waals surface area contributed by atoms with E-state index < -0.39 is 21.7 Å². The average Bonchev–Trinajstić information content (AvgIpc) is 3.16. The first-order chi connectivity index (χ1) is 11.3. The number of aromatic nitrogens is 2. The highest BCUT2D eigenvalue weighted by molar-refractivity contribution is 7.89. The molecule has 0 unspecified atom stereocenters. The Morgan fingerprint density at radius 1 is 1.17 bits per heavy atom. The molecule has 0 N–H and O–H groups in total. The van der Waals surface area contributed by atoms with Crippen molar-refractivity contribution in [2.45, 2.75) is 31.6 Å². The van der Waals surface area contributed by atoms with Crippen molar-refractivity contribution in [1.82, 2.24) is 14.1 Å². The maximum absolute atomic E-state index is 13.9. The van der Waals surface area contributed by atoms with Gasteiger partial charge in [-0.3, -0.25) is 4.79 Å². The average molecular weight is 351 g/mol. The van der Waals surface area contributed by atoms with Crippen molar-refractivity contribution in [3.63, 3.8) is 0 Å². The van der Waals surface area contributed by atoms with Crippen LogP contribution in [0.4, 0.5) is 4.39 Å². The fourth-order valence-corrected chi connectivity index (χ4v) is 4.88. The Kier molecular flexibility index (Phi) is 4.27. The van der Waals surface area contributed by atoms with Gasteiger partial charge < -0.3 is 0 Å². The number of hydrogen-bond acceptors (Lipinski definition) is 4. The normalized spacial score (nSPS) is 15.8. The summed E-state index contributed by atoms with van der Waals surface area (Å²) in [6, 6.07) is 5.56. The molecule has 1 saturated heterocycles. The number of rotatable bonds is 3. The minimum atomic E-state index is -3.70. The summed E-state index contributed by atoms with van der Waals surface area (Å²) in [6.45, 7) is 3.99. The predicted molar refractivity (Wildman–Crippen MR) is 85.8 cm³/mol. The van der Waals surface area contributed by atoms with Gasteiger partial charge >= 0.3 is 0 Å². The monoisotopic (exact) mass is 351 g/mol. The molecule has 0 atom stereocenters. The summed E-state index contributed by atoms with van der Waals surface area (Å²) < 4.78 is 41.8. The van der Waals surface area contributed by atoms with Crippen LogP contribution in [0.2, 0.25) is 0 Å². The highest BCUT2D eigenvalue weighted by Crippen LogP contribution is 2.27. The van der Waals surface area contributed by atoms with Crippen LogP contribution in [-0.4, -0.2) is 41.5 Å². The standard InChI is InChI=1S/C16H18FN3O3S/c1-11-15(24(22,23)19-9-5-6-10-19)12(2)20(18-11)16(21)13-7-3-4-8-14(13)17/h3-4,7-8H,5-6,9-10H2,1-2H3. The van der Waals surface area contributed by atoms with Crippen LogP contribution in [0.15, 0.2) is 29.2 Å². The molecule has 0 spiro atoms. The first-order valence-corrected chi connectivity index (χ1v) is 9.13. The number of sulfonamides is 1. The Hall–Kier alpha value is -2.06. The molecule has 8 heteroatoms. The lowest BCUT2D eigenvalue weighted by Gasteiger charge is -2.15. The molecule has 24 heavy (non-hydrogen) atoms. The number of halogens is 1. The van der Waals surface area contributed by atoms with E-state index in [1.807, 2.05) is 0 Å². The van der Waals surface area contributed by atoms with Gasteiger partial charge in [0.15, 0.2) is 0 Å². The Balaban J connectivity index is 2.07. The third-order valence-corrected chi connectivity index (χ3v) is 6.34. The number of hydrogen-bond donors (Lipinski definition) is 0. The maximum atomic E-state index is 13.9. The molecule has 0 aliphatic carbocycles. The third-order valence-electron chi connectivity index (χ3n) is 4.18. The Bertz CT molecular complexity index is 899. The molecular formula is C16H18FN3O3S. The zero-order valence-corrected chi connectivity index (χ0v) is 14.3. The maximum Gasteiger partial charge on any atom is 0.281 e. The molecule has 6 nitrogen and oxygen atoms in total. The number of carbonyl (C=O) groups is 1. The second kappa shape index (κ2) is 6.10. The summed E-state index contributed by atoms with van der Waals surface area (Å²) in [5, 5.41) is 4.06. The minimum Gasteiger partial charge on any atom is -0.267 e. The van der Waals surface area contributed by atoms with Gasteiger partial charge in [-0.05, 0) is 38.8 Å². The van der Waals surface area contributed by atoms with Crippen molar-refractivity contribution < 1.29 is 17.6 Å². The first kappa shape index (κ1) is 16.8. The molecule has 1 fully saturated rings. The molecule has 128 valence electrons. The van der Waals surface area contributed by atoms with Crippen LogP contribution in [0.5, 0.6) is 0 Å². The van der Waals surface area contributed by atoms with Gasteiger partial charge in [-0.2, -0.15) is 14.1 Å². The molecule has 2 heterocycles. The van der Waals surface area contributed by atoms with E-state index in [-0.39, 0.29) is 21.8 Å². The van der Waals surface area contributed by atoms with E-state index in [9.17, 15) is 17.6 Å². The first-order valence-electron chi connectivity index (χ1n) is 7.69. The van der Waals surface area contributed by atoms with Crippen molar-refractivity contribution in [3.8, 4) is 0 Å². The summed E-state index contributed by atoms with van der Waals surface area (Å²) in [5.74, 6) is -1.35. The van der Waals surface area contributed by atoms with Crippen LogP contribution in [-0.2, 0) is 10.0 Å². The third kappa shape index (κ3) is 2.65. The van der Waals surface area contributed by atoms with E-state index in [2.05, 4.69) is 5.10 Å². The van der Waals surface area contributed by atoms with E-state index >= 15 is 0 Å². The van der Waals surface area contributed by atoms with Gasteiger partial charge in [-0.15, -0.1) is 0 Å². The van der Waals surface area contributed by atoms with Gasteiger partial charge in [0.05, 0.1) is 17.0 Å². The van der Waals surface area contributed by atoms with E-state index in [0.717, 1.165) is 17.5 Å². The molecule has 1 aromatic carbocycles. The summed E-state index contributed by atoms with van der Waals surface area (Å²) >= 11 is 0. The number of aryl methyl sites for hydroxylation is 1. The molecule has 0 amide bonds. The summed E-state index contributed by atoms with van der Waals surface area (Å²) in [6.07, 6.45) is 1.64. The Morgan fingerprint density at radius 3 is 2.42 bits per heavy atom. The topological polar surface area (TPSA) is 72.3 Å². The van der Waals surface area contributed by atoms with Crippen molar-refractivity contribution in [3.05, 3.63) is 47.0 Å². The fraction of sp³-hybridized carbons (Fsp3) is 0.375. The minimum absolute atomic E-state index is 0.0362. The molecule has 1 aromatic heterocycles. The number of nitrogens with zero attached hydrogens (tertiary/aromatic N) is 3. The zero-order chi connectivity index (χ0) is 17.5.